The molecule has 1 aliphatic rings. The second kappa shape index (κ2) is 4.43. The molecule has 1 unspecified atom stereocenters. The molecule has 0 aromatic rings. The Balaban J connectivity index is 2.60. The first kappa shape index (κ1) is 11.0. The number of nitrogens with one attached hydrogen (secondary N) is 1. The number of hydrogen-bond donors (Lipinski definition) is 1. The van der Waals surface area contributed by atoms with E-state index in [1.807, 2.05) is 0 Å². The monoisotopic (exact) mass is 184 g/mol. The van der Waals surface area contributed by atoms with E-state index in [9.17, 15) is 0 Å². The van der Waals surface area contributed by atoms with E-state index in [0.29, 0.717) is 11.6 Å². The molecule has 0 saturated carbocycles. The maximum absolute atomic E-state index is 3.55. The predicted octanol–water partition coefficient (Wildman–Crippen LogP) is 1.86. The molecule has 0 aliphatic carbocycles. The summed E-state index contributed by atoms with van der Waals surface area (Å²) < 4.78 is 0. The Morgan fingerprint density at radius 1 is 1.46 bits per heavy atom. The van der Waals surface area contributed by atoms with Crippen LogP contribution in [0.5, 0.6) is 0 Å². The molecule has 0 spiro atoms. The van der Waals surface area contributed by atoms with Crippen LogP contribution in [-0.2, 0) is 0 Å². The maximum Gasteiger partial charge on any atom is 0.0166 e. The summed E-state index contributed by atoms with van der Waals surface area (Å²) in [5, 5.41) is 3.55. The van der Waals surface area contributed by atoms with Crippen LogP contribution < -0.4 is 5.32 Å². The molecule has 1 N–H and O–H groups in total. The number of hydrogen-bond acceptors (Lipinski definition) is 2. The quantitative estimate of drug-likeness (QED) is 0.704. The molecule has 2 heteroatoms. The van der Waals surface area contributed by atoms with Gasteiger partial charge in [0, 0.05) is 18.1 Å². The van der Waals surface area contributed by atoms with Gasteiger partial charge in [0.15, 0.2) is 0 Å². The lowest BCUT2D eigenvalue weighted by Crippen LogP contribution is -2.46. The van der Waals surface area contributed by atoms with E-state index in [1.165, 1.54) is 25.9 Å². The van der Waals surface area contributed by atoms with E-state index in [4.69, 9.17) is 0 Å². The van der Waals surface area contributed by atoms with Crippen molar-refractivity contribution in [2.75, 3.05) is 19.6 Å². The lowest BCUT2D eigenvalue weighted by atomic mass is 9.98. The number of rotatable bonds is 2. The molecule has 1 saturated heterocycles. The summed E-state index contributed by atoms with van der Waals surface area (Å²) in [6, 6.07) is 0.647. The van der Waals surface area contributed by atoms with Gasteiger partial charge in [-0.1, -0.05) is 6.92 Å². The largest absolute Gasteiger partial charge is 0.313 e. The van der Waals surface area contributed by atoms with Crippen molar-refractivity contribution in [3.63, 3.8) is 0 Å². The van der Waals surface area contributed by atoms with Crippen LogP contribution in [0.1, 0.15) is 40.5 Å². The first-order chi connectivity index (χ1) is 6.06. The molecule has 78 valence electrons. The molecular weight excluding hydrogens is 160 g/mol. The zero-order chi connectivity index (χ0) is 9.90. The van der Waals surface area contributed by atoms with Gasteiger partial charge in [-0.3, -0.25) is 4.90 Å². The highest BCUT2D eigenvalue weighted by molar-refractivity contribution is 4.87. The van der Waals surface area contributed by atoms with Crippen LogP contribution >= 0.6 is 0 Å². The minimum Gasteiger partial charge on any atom is -0.313 e. The SMILES string of the molecule is CCCN1CC(C)NCCC1(C)C. The van der Waals surface area contributed by atoms with Gasteiger partial charge < -0.3 is 5.32 Å². The summed E-state index contributed by atoms with van der Waals surface area (Å²) in [4.78, 5) is 2.62. The van der Waals surface area contributed by atoms with Gasteiger partial charge in [-0.15, -0.1) is 0 Å². The maximum atomic E-state index is 3.55. The average molecular weight is 184 g/mol. The van der Waals surface area contributed by atoms with Crippen LogP contribution in [0.25, 0.3) is 0 Å². The van der Waals surface area contributed by atoms with Gasteiger partial charge in [-0.25, -0.2) is 0 Å². The summed E-state index contributed by atoms with van der Waals surface area (Å²) in [6.45, 7) is 12.9. The fourth-order valence-electron chi connectivity index (χ4n) is 2.09. The fourth-order valence-corrected chi connectivity index (χ4v) is 2.09. The van der Waals surface area contributed by atoms with Gasteiger partial charge in [0.25, 0.3) is 0 Å². The van der Waals surface area contributed by atoms with E-state index in [1.54, 1.807) is 0 Å². The normalized spacial score (nSPS) is 30.0. The van der Waals surface area contributed by atoms with Crippen LogP contribution in [0.15, 0.2) is 0 Å². The molecule has 0 amide bonds. The number of nitrogens with zero attached hydrogens (tertiary/aromatic N) is 1. The van der Waals surface area contributed by atoms with Crippen LogP contribution in [-0.4, -0.2) is 36.1 Å². The first-order valence-corrected chi connectivity index (χ1v) is 5.54. The lowest BCUT2D eigenvalue weighted by Gasteiger charge is -2.37. The van der Waals surface area contributed by atoms with E-state index in [0.717, 1.165) is 6.54 Å². The van der Waals surface area contributed by atoms with Crippen molar-refractivity contribution in [1.82, 2.24) is 10.2 Å². The second-order valence-electron chi connectivity index (χ2n) is 4.86. The van der Waals surface area contributed by atoms with Crippen LogP contribution in [0, 0.1) is 0 Å². The Morgan fingerprint density at radius 2 is 2.15 bits per heavy atom. The standard InChI is InChI=1S/C11H24N2/c1-5-8-13-9-10(2)12-7-6-11(13,3)4/h10,12H,5-9H2,1-4H3. The van der Waals surface area contributed by atoms with E-state index in [-0.39, 0.29) is 0 Å². The molecule has 1 fully saturated rings. The molecule has 1 aliphatic heterocycles. The van der Waals surface area contributed by atoms with Gasteiger partial charge in [-0.05, 0) is 46.7 Å². The Labute approximate surface area is 82.7 Å². The Hall–Kier alpha value is -0.0800. The highest BCUT2D eigenvalue weighted by atomic mass is 15.2. The molecule has 0 aromatic carbocycles. The van der Waals surface area contributed by atoms with Crippen molar-refractivity contribution in [3.8, 4) is 0 Å². The van der Waals surface area contributed by atoms with Crippen molar-refractivity contribution < 1.29 is 0 Å². The fraction of sp³-hybridized carbons (Fsp3) is 1.00. The third-order valence-corrected chi connectivity index (χ3v) is 3.07. The minimum absolute atomic E-state index is 0.383. The highest BCUT2D eigenvalue weighted by Crippen LogP contribution is 2.21. The highest BCUT2D eigenvalue weighted by Gasteiger charge is 2.29. The van der Waals surface area contributed by atoms with Crippen molar-refractivity contribution in [2.24, 2.45) is 0 Å². The van der Waals surface area contributed by atoms with E-state index < -0.39 is 0 Å². The Morgan fingerprint density at radius 3 is 2.77 bits per heavy atom. The van der Waals surface area contributed by atoms with Crippen LogP contribution in [0.4, 0.5) is 0 Å². The van der Waals surface area contributed by atoms with Crippen LogP contribution in [0.2, 0.25) is 0 Å². The first-order valence-electron chi connectivity index (χ1n) is 5.54. The molecule has 0 radical (unpaired) electrons. The molecular formula is C11H24N2. The minimum atomic E-state index is 0.383. The van der Waals surface area contributed by atoms with E-state index >= 15 is 0 Å². The molecule has 2 nitrogen and oxygen atoms in total. The van der Waals surface area contributed by atoms with Crippen molar-refractivity contribution >= 4 is 0 Å². The molecule has 0 bridgehead atoms. The summed E-state index contributed by atoms with van der Waals surface area (Å²) >= 11 is 0. The van der Waals surface area contributed by atoms with Gasteiger partial charge in [0.05, 0.1) is 0 Å². The lowest BCUT2D eigenvalue weighted by molar-refractivity contribution is 0.121. The van der Waals surface area contributed by atoms with Crippen molar-refractivity contribution in [2.45, 2.75) is 52.1 Å². The zero-order valence-corrected chi connectivity index (χ0v) is 9.56. The average Bonchev–Trinajstić information content (AvgIpc) is 2.13. The van der Waals surface area contributed by atoms with Gasteiger partial charge in [-0.2, -0.15) is 0 Å². The molecule has 0 aromatic heterocycles. The molecule has 1 heterocycles. The van der Waals surface area contributed by atoms with E-state index in [2.05, 4.69) is 37.9 Å². The second-order valence-corrected chi connectivity index (χ2v) is 4.86. The third kappa shape index (κ3) is 2.96. The van der Waals surface area contributed by atoms with Gasteiger partial charge in [0.2, 0.25) is 0 Å². The summed E-state index contributed by atoms with van der Waals surface area (Å²) in [6.07, 6.45) is 2.52. The zero-order valence-electron chi connectivity index (χ0n) is 9.56. The molecule has 13 heavy (non-hydrogen) atoms. The summed E-state index contributed by atoms with van der Waals surface area (Å²) in [7, 11) is 0. The Kier molecular flexibility index (Phi) is 3.74. The predicted molar refractivity (Wildman–Crippen MR) is 58.0 cm³/mol. The topological polar surface area (TPSA) is 15.3 Å². The van der Waals surface area contributed by atoms with Gasteiger partial charge in [0.1, 0.15) is 0 Å². The third-order valence-electron chi connectivity index (χ3n) is 3.07. The van der Waals surface area contributed by atoms with Crippen molar-refractivity contribution in [1.29, 1.82) is 0 Å². The molecule has 1 atom stereocenters. The van der Waals surface area contributed by atoms with Gasteiger partial charge >= 0.3 is 0 Å². The Bertz CT molecular complexity index is 154. The van der Waals surface area contributed by atoms with Crippen molar-refractivity contribution in [3.05, 3.63) is 0 Å². The summed E-state index contributed by atoms with van der Waals surface area (Å²) in [5.74, 6) is 0. The summed E-state index contributed by atoms with van der Waals surface area (Å²) in [5.41, 5.74) is 0.383. The molecule has 1 rings (SSSR count). The van der Waals surface area contributed by atoms with Crippen LogP contribution in [0.3, 0.4) is 0 Å². The smallest absolute Gasteiger partial charge is 0.0166 e.